The van der Waals surface area contributed by atoms with Crippen LogP contribution in [0.4, 0.5) is 0 Å². The molecular weight excluding hydrogens is 376 g/mol. The van der Waals surface area contributed by atoms with Gasteiger partial charge >= 0.3 is 17.9 Å². The van der Waals surface area contributed by atoms with E-state index in [2.05, 4.69) is 6.92 Å². The van der Waals surface area contributed by atoms with Crippen molar-refractivity contribution >= 4 is 17.9 Å². The topological polar surface area (TPSA) is 99.1 Å². The Morgan fingerprint density at radius 2 is 2.07 bits per heavy atom. The number of carbonyl (C=O) groups is 3. The monoisotopic (exact) mass is 404 g/mol. The van der Waals surface area contributed by atoms with Gasteiger partial charge in [0.2, 0.25) is 0 Å². The van der Waals surface area contributed by atoms with E-state index in [4.69, 9.17) is 14.2 Å². The van der Waals surface area contributed by atoms with Gasteiger partial charge < -0.3 is 19.3 Å². The van der Waals surface area contributed by atoms with Gasteiger partial charge in [-0.15, -0.1) is 0 Å². The molecule has 2 aliphatic heterocycles. The summed E-state index contributed by atoms with van der Waals surface area (Å²) in [6.07, 6.45) is 4.65. The lowest BCUT2D eigenvalue weighted by Crippen LogP contribution is -2.58. The van der Waals surface area contributed by atoms with Crippen molar-refractivity contribution < 1.29 is 33.7 Å². The lowest BCUT2D eigenvalue weighted by Gasteiger charge is -2.58. The molecular formula is C22H28O7. The van der Waals surface area contributed by atoms with Crippen LogP contribution < -0.4 is 0 Å². The minimum atomic E-state index is -0.594. The van der Waals surface area contributed by atoms with E-state index in [0.717, 1.165) is 0 Å². The molecule has 1 saturated heterocycles. The van der Waals surface area contributed by atoms with E-state index >= 15 is 0 Å². The van der Waals surface area contributed by atoms with Crippen LogP contribution in [0, 0.1) is 22.7 Å². The van der Waals surface area contributed by atoms with E-state index in [1.54, 1.807) is 6.08 Å². The zero-order valence-electron chi connectivity index (χ0n) is 17.1. The Kier molecular flexibility index (Phi) is 4.84. The summed E-state index contributed by atoms with van der Waals surface area (Å²) in [5.41, 5.74) is 0.220. The predicted octanol–water partition coefficient (Wildman–Crippen LogP) is 2.08. The van der Waals surface area contributed by atoms with Gasteiger partial charge in [0.05, 0.1) is 6.10 Å². The average molecular weight is 404 g/mol. The van der Waals surface area contributed by atoms with Crippen LogP contribution in [-0.4, -0.2) is 48.4 Å². The van der Waals surface area contributed by atoms with Crippen LogP contribution in [0.15, 0.2) is 23.3 Å². The average Bonchev–Trinajstić information content (AvgIpc) is 3.21. The number of carbonyl (C=O) groups excluding carboxylic acids is 3. The second kappa shape index (κ2) is 6.97. The quantitative estimate of drug-likeness (QED) is 0.566. The molecule has 0 aromatic carbocycles. The molecule has 4 rings (SSSR count). The van der Waals surface area contributed by atoms with Gasteiger partial charge in [0.15, 0.2) is 0 Å². The summed E-state index contributed by atoms with van der Waals surface area (Å²) < 4.78 is 15.9. The largest absolute Gasteiger partial charge is 0.461 e. The third kappa shape index (κ3) is 3.10. The normalized spacial score (nSPS) is 41.0. The van der Waals surface area contributed by atoms with Crippen molar-refractivity contribution in [3.63, 3.8) is 0 Å². The van der Waals surface area contributed by atoms with Crippen molar-refractivity contribution in [1.29, 1.82) is 0 Å². The van der Waals surface area contributed by atoms with Gasteiger partial charge in [-0.05, 0) is 55.1 Å². The first-order chi connectivity index (χ1) is 13.7. The van der Waals surface area contributed by atoms with Crippen molar-refractivity contribution in [2.45, 2.75) is 58.7 Å². The molecule has 4 aliphatic rings. The fraction of sp³-hybridized carbons (Fsp3) is 0.682. The highest BCUT2D eigenvalue weighted by molar-refractivity contribution is 5.93. The zero-order valence-corrected chi connectivity index (χ0v) is 17.1. The smallest absolute Gasteiger partial charge is 0.334 e. The second-order valence-electron chi connectivity index (χ2n) is 9.14. The highest BCUT2D eigenvalue weighted by Gasteiger charge is 2.64. The molecule has 2 heterocycles. The van der Waals surface area contributed by atoms with Crippen molar-refractivity contribution in [1.82, 2.24) is 0 Å². The summed E-state index contributed by atoms with van der Waals surface area (Å²) in [7, 11) is 0. The Morgan fingerprint density at radius 3 is 2.72 bits per heavy atom. The van der Waals surface area contributed by atoms with Gasteiger partial charge in [-0.3, -0.25) is 4.79 Å². The predicted molar refractivity (Wildman–Crippen MR) is 101 cm³/mol. The first kappa shape index (κ1) is 20.1. The lowest BCUT2D eigenvalue weighted by atomic mass is 9.45. The van der Waals surface area contributed by atoms with Gasteiger partial charge in [-0.2, -0.15) is 0 Å². The minimum Gasteiger partial charge on any atom is -0.461 e. The molecule has 158 valence electrons. The summed E-state index contributed by atoms with van der Waals surface area (Å²) >= 11 is 0. The lowest BCUT2D eigenvalue weighted by molar-refractivity contribution is -0.156. The first-order valence-electron chi connectivity index (χ1n) is 10.3. The number of esters is 3. The van der Waals surface area contributed by atoms with E-state index in [1.165, 1.54) is 6.92 Å². The number of hydrogen-bond donors (Lipinski definition) is 1. The van der Waals surface area contributed by atoms with Crippen LogP contribution >= 0.6 is 0 Å². The molecule has 0 radical (unpaired) electrons. The van der Waals surface area contributed by atoms with Crippen LogP contribution in [0.3, 0.4) is 0 Å². The molecule has 0 amide bonds. The molecule has 7 nitrogen and oxygen atoms in total. The van der Waals surface area contributed by atoms with Gasteiger partial charge in [-0.1, -0.05) is 13.8 Å². The molecule has 0 aromatic heterocycles. The fourth-order valence-electron chi connectivity index (χ4n) is 6.00. The highest BCUT2D eigenvalue weighted by atomic mass is 16.6. The van der Waals surface area contributed by atoms with Crippen LogP contribution in [0.1, 0.15) is 46.5 Å². The van der Waals surface area contributed by atoms with E-state index in [-0.39, 0.29) is 29.8 Å². The molecule has 7 heteroatoms. The molecule has 0 aromatic rings. The van der Waals surface area contributed by atoms with Crippen LogP contribution in [0.2, 0.25) is 0 Å². The van der Waals surface area contributed by atoms with Crippen molar-refractivity contribution in [3.05, 3.63) is 23.3 Å². The van der Waals surface area contributed by atoms with Crippen LogP contribution in [0.5, 0.6) is 0 Å². The maximum absolute atomic E-state index is 12.5. The maximum atomic E-state index is 12.5. The zero-order chi connectivity index (χ0) is 21.0. The fourth-order valence-corrected chi connectivity index (χ4v) is 6.00. The Bertz CT molecular complexity index is 812. The third-order valence-corrected chi connectivity index (χ3v) is 7.75. The summed E-state index contributed by atoms with van der Waals surface area (Å²) in [5, 5.41) is 10.9. The van der Waals surface area contributed by atoms with Crippen LogP contribution in [-0.2, 0) is 28.6 Å². The number of rotatable bonds is 4. The second-order valence-corrected chi connectivity index (χ2v) is 9.14. The summed E-state index contributed by atoms with van der Waals surface area (Å²) in [5.74, 6) is -1.15. The molecule has 0 unspecified atom stereocenters. The van der Waals surface area contributed by atoms with Gasteiger partial charge in [0.25, 0.3) is 0 Å². The number of ether oxygens (including phenoxy) is 3. The SMILES string of the molecule is CC(=O)O[C@@H]1C=C2C(=O)OC[C@]23C[C@@H](O)[C@@H](C)[C@@](C)(CCC2=CCOC2=O)[C@H]3C1. The Morgan fingerprint density at radius 1 is 1.31 bits per heavy atom. The van der Waals surface area contributed by atoms with Gasteiger partial charge in [-0.25, -0.2) is 9.59 Å². The van der Waals surface area contributed by atoms with E-state index in [0.29, 0.717) is 43.4 Å². The highest BCUT2D eigenvalue weighted by Crippen LogP contribution is 2.64. The first-order valence-corrected chi connectivity index (χ1v) is 10.3. The summed E-state index contributed by atoms with van der Waals surface area (Å²) in [6.45, 7) is 6.04. The minimum absolute atomic E-state index is 0.0257. The molecule has 2 fully saturated rings. The molecule has 0 bridgehead atoms. The Balaban J connectivity index is 1.71. The molecule has 29 heavy (non-hydrogen) atoms. The maximum Gasteiger partial charge on any atom is 0.334 e. The Hall–Kier alpha value is -2.15. The molecule has 1 saturated carbocycles. The third-order valence-electron chi connectivity index (χ3n) is 7.75. The summed E-state index contributed by atoms with van der Waals surface area (Å²) in [6, 6.07) is 0. The summed E-state index contributed by atoms with van der Waals surface area (Å²) in [4.78, 5) is 36.0. The molecule has 1 N–H and O–H groups in total. The Labute approximate surface area is 170 Å². The molecule has 1 spiro atoms. The number of cyclic esters (lactones) is 2. The van der Waals surface area contributed by atoms with E-state index in [1.807, 2.05) is 13.0 Å². The van der Waals surface area contributed by atoms with Crippen molar-refractivity contribution in [2.75, 3.05) is 13.2 Å². The number of hydrogen-bond acceptors (Lipinski definition) is 7. The van der Waals surface area contributed by atoms with Gasteiger partial charge in [0.1, 0.15) is 19.3 Å². The number of aliphatic hydroxyl groups is 1. The van der Waals surface area contributed by atoms with Crippen molar-refractivity contribution in [3.8, 4) is 0 Å². The van der Waals surface area contributed by atoms with Crippen LogP contribution in [0.25, 0.3) is 0 Å². The van der Waals surface area contributed by atoms with E-state index < -0.39 is 29.6 Å². The van der Waals surface area contributed by atoms with Gasteiger partial charge in [0, 0.05) is 23.5 Å². The molecule has 2 aliphatic carbocycles. The number of aliphatic hydroxyl groups excluding tert-OH is 1. The van der Waals surface area contributed by atoms with E-state index in [9.17, 15) is 19.5 Å². The van der Waals surface area contributed by atoms with Crippen molar-refractivity contribution in [2.24, 2.45) is 22.7 Å². The molecule has 6 atom stereocenters. The standard InChI is InChI=1S/C22H28O7/c1-12-17(24)10-22-11-28-20(26)16(22)8-15(29-13(2)23)9-18(22)21(12,3)6-4-14-5-7-27-19(14)25/h5,8,12,15,17-18,24H,4,6-7,9-11H2,1-3H3/t12-,15-,17-,18-,21-,22-/m1/s1.